The van der Waals surface area contributed by atoms with Gasteiger partial charge in [-0.15, -0.1) is 11.8 Å². The lowest BCUT2D eigenvalue weighted by molar-refractivity contribution is -0.117. The van der Waals surface area contributed by atoms with E-state index in [1.807, 2.05) is 111 Å². The summed E-state index contributed by atoms with van der Waals surface area (Å²) in [6.45, 7) is 4.22. The minimum Gasteiger partial charge on any atom is -0.493 e. The number of para-hydroxylation sites is 3. The Bertz CT molecular complexity index is 1950. The van der Waals surface area contributed by atoms with E-state index < -0.39 is 17.1 Å². The van der Waals surface area contributed by atoms with Gasteiger partial charge in [0.05, 0.1) is 23.2 Å². The van der Waals surface area contributed by atoms with Crippen molar-refractivity contribution >= 4 is 64.4 Å². The van der Waals surface area contributed by atoms with Gasteiger partial charge in [0.1, 0.15) is 11.4 Å². The van der Waals surface area contributed by atoms with Gasteiger partial charge in [-0.1, -0.05) is 78.5 Å². The molecule has 5 aromatic carbocycles. The van der Waals surface area contributed by atoms with E-state index in [1.165, 1.54) is 11.8 Å². The smallest absolute Gasteiger partial charge is 0.272 e. The molecule has 0 aliphatic carbocycles. The van der Waals surface area contributed by atoms with Crippen molar-refractivity contribution in [2.24, 2.45) is 0 Å². The molecule has 6 rings (SSSR count). The van der Waals surface area contributed by atoms with Gasteiger partial charge in [0.2, 0.25) is 5.91 Å². The zero-order valence-electron chi connectivity index (χ0n) is 26.4. The maximum atomic E-state index is 14.0. The number of anilines is 3. The number of carbonyl (C=O) groups excluding carboxylic acids is 3. The summed E-state index contributed by atoms with van der Waals surface area (Å²) in [5.74, 6) is -0.372. The minimum atomic E-state index is -0.504. The Balaban J connectivity index is 1.22. The molecule has 48 heavy (non-hydrogen) atoms. The molecule has 1 atom stereocenters. The summed E-state index contributed by atoms with van der Waals surface area (Å²) in [5, 5.41) is 5.28. The largest absolute Gasteiger partial charge is 0.493 e. The molecule has 5 aromatic rings. The molecule has 1 aliphatic heterocycles. The van der Waals surface area contributed by atoms with Crippen LogP contribution in [-0.2, 0) is 9.59 Å². The molecule has 0 aromatic heterocycles. The number of hydrogen-bond donors (Lipinski definition) is 2. The third-order valence-corrected chi connectivity index (χ3v) is 9.66. The van der Waals surface area contributed by atoms with Crippen LogP contribution >= 0.6 is 23.5 Å². The Kier molecular flexibility index (Phi) is 10.3. The van der Waals surface area contributed by atoms with E-state index in [0.29, 0.717) is 29.2 Å². The molecular formula is C39H33N3O4S2. The Morgan fingerprint density at radius 1 is 0.812 bits per heavy atom. The second kappa shape index (κ2) is 15.1. The highest BCUT2D eigenvalue weighted by molar-refractivity contribution is 8.00. The standard InChI is InChI=1S/C39H33N3O4S2/c1-3-46-34-21-10-7-16-28(34)24-31(41-37(43)27-14-5-4-6-15-27)38(44)40-29-17-13-18-30(25-29)47-26(2)39(45)42-32-19-8-11-22-35(32)48-36-23-12-9-20-33(36)42/h4-26H,3H2,1-2H3,(H,40,44)(H,41,43)/b31-24+. The molecule has 9 heteroatoms. The quantitative estimate of drug-likeness (QED) is 0.114. The Labute approximate surface area is 288 Å². The summed E-state index contributed by atoms with van der Waals surface area (Å²) in [5.41, 5.74) is 3.37. The summed E-state index contributed by atoms with van der Waals surface area (Å²) in [7, 11) is 0. The van der Waals surface area contributed by atoms with Crippen molar-refractivity contribution in [2.75, 3.05) is 16.8 Å². The van der Waals surface area contributed by atoms with Crippen molar-refractivity contribution < 1.29 is 19.1 Å². The highest BCUT2D eigenvalue weighted by Gasteiger charge is 2.31. The SMILES string of the molecule is CCOc1ccccc1/C=C(/NC(=O)c1ccccc1)C(=O)Nc1cccc(SC(C)C(=O)N2c3ccccc3Sc3ccccc32)c1. The number of fused-ring (bicyclic) bond motifs is 2. The number of nitrogens with one attached hydrogen (secondary N) is 2. The highest BCUT2D eigenvalue weighted by atomic mass is 32.2. The van der Waals surface area contributed by atoms with Crippen molar-refractivity contribution in [2.45, 2.75) is 33.8 Å². The lowest BCUT2D eigenvalue weighted by atomic mass is 10.1. The predicted octanol–water partition coefficient (Wildman–Crippen LogP) is 8.81. The zero-order chi connectivity index (χ0) is 33.5. The van der Waals surface area contributed by atoms with Crippen LogP contribution in [0.25, 0.3) is 6.08 Å². The van der Waals surface area contributed by atoms with Crippen molar-refractivity contribution in [3.05, 3.63) is 144 Å². The van der Waals surface area contributed by atoms with Crippen LogP contribution in [0.4, 0.5) is 17.1 Å². The fourth-order valence-corrected chi connectivity index (χ4v) is 7.23. The first-order valence-electron chi connectivity index (χ1n) is 15.5. The zero-order valence-corrected chi connectivity index (χ0v) is 28.0. The maximum absolute atomic E-state index is 14.0. The summed E-state index contributed by atoms with van der Waals surface area (Å²) < 4.78 is 5.76. The number of rotatable bonds is 10. The van der Waals surface area contributed by atoms with E-state index in [1.54, 1.807) is 53.1 Å². The number of carbonyl (C=O) groups is 3. The topological polar surface area (TPSA) is 87.7 Å². The number of thioether (sulfide) groups is 1. The van der Waals surface area contributed by atoms with Gasteiger partial charge in [0.15, 0.2) is 0 Å². The first-order valence-corrected chi connectivity index (χ1v) is 17.2. The number of amides is 3. The van der Waals surface area contributed by atoms with E-state index in [2.05, 4.69) is 10.6 Å². The van der Waals surface area contributed by atoms with Crippen molar-refractivity contribution in [3.8, 4) is 5.75 Å². The molecule has 0 fully saturated rings. The van der Waals surface area contributed by atoms with Crippen LogP contribution in [0.1, 0.15) is 29.8 Å². The lowest BCUT2D eigenvalue weighted by Crippen LogP contribution is -2.34. The van der Waals surface area contributed by atoms with Crippen molar-refractivity contribution in [3.63, 3.8) is 0 Å². The van der Waals surface area contributed by atoms with Gasteiger partial charge in [-0.2, -0.15) is 0 Å². The van der Waals surface area contributed by atoms with Gasteiger partial charge in [-0.25, -0.2) is 0 Å². The second-order valence-electron chi connectivity index (χ2n) is 10.8. The molecule has 240 valence electrons. The summed E-state index contributed by atoms with van der Waals surface area (Å²) in [6, 6.07) is 39.2. The third kappa shape index (κ3) is 7.48. The van der Waals surface area contributed by atoms with Crippen LogP contribution < -0.4 is 20.3 Å². The lowest BCUT2D eigenvalue weighted by Gasteiger charge is -2.32. The fourth-order valence-electron chi connectivity index (χ4n) is 5.21. The predicted molar refractivity (Wildman–Crippen MR) is 194 cm³/mol. The van der Waals surface area contributed by atoms with Crippen LogP contribution in [0.3, 0.4) is 0 Å². The van der Waals surface area contributed by atoms with Crippen molar-refractivity contribution in [1.82, 2.24) is 5.32 Å². The summed E-state index contributed by atoms with van der Waals surface area (Å²) in [6.07, 6.45) is 1.60. The van der Waals surface area contributed by atoms with Gasteiger partial charge in [0.25, 0.3) is 11.8 Å². The molecule has 0 bridgehead atoms. The molecule has 1 heterocycles. The first-order chi connectivity index (χ1) is 23.4. The second-order valence-corrected chi connectivity index (χ2v) is 13.3. The van der Waals surface area contributed by atoms with Gasteiger partial charge in [-0.3, -0.25) is 19.3 Å². The molecule has 2 N–H and O–H groups in total. The van der Waals surface area contributed by atoms with E-state index >= 15 is 0 Å². The summed E-state index contributed by atoms with van der Waals surface area (Å²) in [4.78, 5) is 45.5. The number of hydrogen-bond acceptors (Lipinski definition) is 6. The maximum Gasteiger partial charge on any atom is 0.272 e. The fraction of sp³-hybridized carbons (Fsp3) is 0.103. The minimum absolute atomic E-state index is 0.0450. The molecule has 0 spiro atoms. The highest BCUT2D eigenvalue weighted by Crippen LogP contribution is 2.48. The normalized spacial score (nSPS) is 12.7. The Hall–Kier alpha value is -5.25. The van der Waals surface area contributed by atoms with Crippen LogP contribution in [0.2, 0.25) is 0 Å². The van der Waals surface area contributed by atoms with Gasteiger partial charge < -0.3 is 15.4 Å². The number of ether oxygens (including phenoxy) is 1. The van der Waals surface area contributed by atoms with Gasteiger partial charge >= 0.3 is 0 Å². The average molecular weight is 672 g/mol. The van der Waals surface area contributed by atoms with Gasteiger partial charge in [0, 0.05) is 31.5 Å². The molecule has 0 radical (unpaired) electrons. The van der Waals surface area contributed by atoms with Gasteiger partial charge in [-0.05, 0) is 80.6 Å². The first kappa shape index (κ1) is 32.7. The number of nitrogens with zero attached hydrogens (tertiary/aromatic N) is 1. The Morgan fingerprint density at radius 3 is 2.17 bits per heavy atom. The Morgan fingerprint density at radius 2 is 1.46 bits per heavy atom. The van der Waals surface area contributed by atoms with Crippen LogP contribution in [-0.4, -0.2) is 29.6 Å². The van der Waals surface area contributed by atoms with Crippen molar-refractivity contribution in [1.29, 1.82) is 0 Å². The van der Waals surface area contributed by atoms with Crippen LogP contribution in [0.5, 0.6) is 5.75 Å². The van der Waals surface area contributed by atoms with E-state index in [-0.39, 0.29) is 11.6 Å². The molecule has 7 nitrogen and oxygen atoms in total. The third-order valence-electron chi connectivity index (χ3n) is 7.45. The van der Waals surface area contributed by atoms with E-state index in [9.17, 15) is 14.4 Å². The summed E-state index contributed by atoms with van der Waals surface area (Å²) >= 11 is 3.07. The molecule has 0 saturated carbocycles. The average Bonchev–Trinajstić information content (AvgIpc) is 3.11. The monoisotopic (exact) mass is 671 g/mol. The molecule has 1 aliphatic rings. The molecule has 0 saturated heterocycles. The van der Waals surface area contributed by atoms with Crippen LogP contribution in [0, 0.1) is 0 Å². The molecule has 3 amide bonds. The van der Waals surface area contributed by atoms with E-state index in [0.717, 1.165) is 26.1 Å². The molecular weight excluding hydrogens is 639 g/mol. The van der Waals surface area contributed by atoms with Crippen LogP contribution in [0.15, 0.2) is 148 Å². The van der Waals surface area contributed by atoms with E-state index in [4.69, 9.17) is 4.74 Å². The number of benzene rings is 5. The molecule has 1 unspecified atom stereocenters.